The van der Waals surface area contributed by atoms with Gasteiger partial charge < -0.3 is 24.3 Å². The highest BCUT2D eigenvalue weighted by Gasteiger charge is 2.16. The largest absolute Gasteiger partial charge is 0.493 e. The summed E-state index contributed by atoms with van der Waals surface area (Å²) in [6, 6.07) is 8.34. The Morgan fingerprint density at radius 3 is 2.00 bits per heavy atom. The lowest BCUT2D eigenvalue weighted by atomic mass is 10.1. The monoisotopic (exact) mass is 348 g/mol. The molecule has 2 aromatic carbocycles. The highest BCUT2D eigenvalue weighted by molar-refractivity contribution is 5.62. The van der Waals surface area contributed by atoms with Crippen LogP contribution in [0, 0.1) is 10.1 Å². The van der Waals surface area contributed by atoms with Crippen molar-refractivity contribution < 1.29 is 23.9 Å². The molecule has 0 aromatic heterocycles. The molecule has 8 heteroatoms. The van der Waals surface area contributed by atoms with Gasteiger partial charge in [0.25, 0.3) is 0 Å². The van der Waals surface area contributed by atoms with Gasteiger partial charge in [0.2, 0.25) is 5.75 Å². The molecule has 0 aliphatic rings. The van der Waals surface area contributed by atoms with Crippen LogP contribution >= 0.6 is 0 Å². The molecule has 2 rings (SSSR count). The quantitative estimate of drug-likeness (QED) is 0.578. The van der Waals surface area contributed by atoms with Gasteiger partial charge in [0.15, 0.2) is 17.2 Å². The number of nitro groups is 1. The first-order valence-corrected chi connectivity index (χ1v) is 7.39. The van der Waals surface area contributed by atoms with E-state index in [1.807, 2.05) is 0 Å². The maximum atomic E-state index is 11.1. The molecule has 0 amide bonds. The fraction of sp³-hybridized carbons (Fsp3) is 0.294. The van der Waals surface area contributed by atoms with E-state index in [2.05, 4.69) is 5.32 Å². The predicted octanol–water partition coefficient (Wildman–Crippen LogP) is 3.24. The van der Waals surface area contributed by atoms with Gasteiger partial charge in [0.1, 0.15) is 0 Å². The normalized spacial score (nSPS) is 10.1. The van der Waals surface area contributed by atoms with E-state index in [1.165, 1.54) is 34.5 Å². The lowest BCUT2D eigenvalue weighted by Gasteiger charge is -2.15. The molecule has 0 heterocycles. The minimum Gasteiger partial charge on any atom is -0.493 e. The van der Waals surface area contributed by atoms with Crippen LogP contribution in [0.2, 0.25) is 0 Å². The number of hydrogen-bond donors (Lipinski definition) is 1. The fourth-order valence-corrected chi connectivity index (χ4v) is 2.38. The highest BCUT2D eigenvalue weighted by atomic mass is 16.6. The second-order valence-corrected chi connectivity index (χ2v) is 5.03. The minimum absolute atomic E-state index is 0.0771. The minimum atomic E-state index is -0.470. The average molecular weight is 348 g/mol. The molecule has 25 heavy (non-hydrogen) atoms. The van der Waals surface area contributed by atoms with Gasteiger partial charge in [-0.2, -0.15) is 0 Å². The van der Waals surface area contributed by atoms with Crippen LogP contribution in [0.25, 0.3) is 0 Å². The molecular formula is C17H20N2O6. The van der Waals surface area contributed by atoms with E-state index >= 15 is 0 Å². The van der Waals surface area contributed by atoms with Crippen LogP contribution in [0.3, 0.4) is 0 Å². The van der Waals surface area contributed by atoms with Gasteiger partial charge in [-0.15, -0.1) is 0 Å². The summed E-state index contributed by atoms with van der Waals surface area (Å²) in [5, 5.41) is 14.3. The molecule has 0 fully saturated rings. The Kier molecular flexibility index (Phi) is 5.89. The standard InChI is InChI=1S/C17H20N2O6/c1-22-14-6-5-11(7-13(14)19(20)21)10-18-12-8-15(23-2)17(25-4)16(9-12)24-3/h5-9,18H,10H2,1-4H3. The van der Waals surface area contributed by atoms with E-state index in [0.29, 0.717) is 23.8 Å². The van der Waals surface area contributed by atoms with Crippen molar-refractivity contribution in [2.45, 2.75) is 6.54 Å². The topological polar surface area (TPSA) is 92.1 Å². The number of benzene rings is 2. The van der Waals surface area contributed by atoms with Crippen molar-refractivity contribution in [3.63, 3.8) is 0 Å². The Morgan fingerprint density at radius 2 is 1.52 bits per heavy atom. The number of nitrogens with one attached hydrogen (secondary N) is 1. The first-order valence-electron chi connectivity index (χ1n) is 7.39. The maximum Gasteiger partial charge on any atom is 0.311 e. The zero-order chi connectivity index (χ0) is 18.4. The summed E-state index contributed by atoms with van der Waals surface area (Å²) in [6.45, 7) is 0.378. The second-order valence-electron chi connectivity index (χ2n) is 5.03. The molecule has 2 aromatic rings. The summed E-state index contributed by atoms with van der Waals surface area (Å²) < 4.78 is 20.9. The fourth-order valence-electron chi connectivity index (χ4n) is 2.38. The molecule has 1 N–H and O–H groups in total. The summed E-state index contributed by atoms with van der Waals surface area (Å²) in [7, 11) is 6.00. The molecule has 0 spiro atoms. The van der Waals surface area contributed by atoms with Crippen molar-refractivity contribution in [2.75, 3.05) is 33.8 Å². The van der Waals surface area contributed by atoms with E-state index in [1.54, 1.807) is 24.3 Å². The van der Waals surface area contributed by atoms with Crippen LogP contribution in [0.4, 0.5) is 11.4 Å². The summed E-state index contributed by atoms with van der Waals surface area (Å²) in [5.74, 6) is 1.76. The number of hydrogen-bond acceptors (Lipinski definition) is 7. The molecule has 0 atom stereocenters. The van der Waals surface area contributed by atoms with Gasteiger partial charge in [-0.3, -0.25) is 10.1 Å². The van der Waals surface area contributed by atoms with Crippen LogP contribution in [0.5, 0.6) is 23.0 Å². The van der Waals surface area contributed by atoms with Gasteiger partial charge in [0, 0.05) is 30.4 Å². The Morgan fingerprint density at radius 1 is 0.920 bits per heavy atom. The first-order chi connectivity index (χ1) is 12.0. The molecule has 0 saturated carbocycles. The van der Waals surface area contributed by atoms with Crippen molar-refractivity contribution in [1.29, 1.82) is 0 Å². The Hall–Kier alpha value is -3.16. The summed E-state index contributed by atoms with van der Waals surface area (Å²) in [6.07, 6.45) is 0. The van der Waals surface area contributed by atoms with Gasteiger partial charge in [-0.05, 0) is 11.6 Å². The molecule has 8 nitrogen and oxygen atoms in total. The third kappa shape index (κ3) is 4.03. The van der Waals surface area contributed by atoms with E-state index in [4.69, 9.17) is 18.9 Å². The molecular weight excluding hydrogens is 328 g/mol. The SMILES string of the molecule is COc1ccc(CNc2cc(OC)c(OC)c(OC)c2)cc1[N+](=O)[O-]. The Balaban J connectivity index is 2.24. The molecule has 0 aliphatic carbocycles. The average Bonchev–Trinajstić information content (AvgIpc) is 2.64. The van der Waals surface area contributed by atoms with E-state index in [-0.39, 0.29) is 11.4 Å². The van der Waals surface area contributed by atoms with Crippen molar-refractivity contribution in [2.24, 2.45) is 0 Å². The summed E-state index contributed by atoms with van der Waals surface area (Å²) in [4.78, 5) is 10.6. The predicted molar refractivity (Wildman–Crippen MR) is 93.1 cm³/mol. The zero-order valence-corrected chi connectivity index (χ0v) is 14.5. The molecule has 0 saturated heterocycles. The van der Waals surface area contributed by atoms with Gasteiger partial charge in [-0.25, -0.2) is 0 Å². The van der Waals surface area contributed by atoms with E-state index in [0.717, 1.165) is 11.3 Å². The second kappa shape index (κ2) is 8.09. The van der Waals surface area contributed by atoms with Crippen LogP contribution in [0.15, 0.2) is 30.3 Å². The zero-order valence-electron chi connectivity index (χ0n) is 14.5. The third-order valence-corrected chi connectivity index (χ3v) is 3.60. The molecule has 0 bridgehead atoms. The number of methoxy groups -OCH3 is 4. The highest BCUT2D eigenvalue weighted by Crippen LogP contribution is 2.40. The number of anilines is 1. The van der Waals surface area contributed by atoms with Crippen molar-refractivity contribution in [3.05, 3.63) is 46.0 Å². The van der Waals surface area contributed by atoms with Crippen LogP contribution in [-0.2, 0) is 6.54 Å². The number of rotatable bonds is 8. The number of nitro benzene ring substituents is 1. The molecule has 0 radical (unpaired) electrons. The van der Waals surface area contributed by atoms with Crippen molar-refractivity contribution in [1.82, 2.24) is 0 Å². The van der Waals surface area contributed by atoms with Crippen LogP contribution < -0.4 is 24.3 Å². The third-order valence-electron chi connectivity index (χ3n) is 3.60. The molecule has 0 aliphatic heterocycles. The van der Waals surface area contributed by atoms with Crippen LogP contribution in [-0.4, -0.2) is 33.4 Å². The summed E-state index contributed by atoms with van der Waals surface area (Å²) in [5.41, 5.74) is 1.39. The Labute approximate surface area is 145 Å². The van der Waals surface area contributed by atoms with Gasteiger partial charge >= 0.3 is 5.69 Å². The lowest BCUT2D eigenvalue weighted by Crippen LogP contribution is -2.03. The van der Waals surface area contributed by atoms with Crippen molar-refractivity contribution in [3.8, 4) is 23.0 Å². The Bertz CT molecular complexity index is 738. The number of nitrogens with zero attached hydrogens (tertiary/aromatic N) is 1. The van der Waals surface area contributed by atoms with Crippen molar-refractivity contribution >= 4 is 11.4 Å². The summed E-state index contributed by atoms with van der Waals surface area (Å²) >= 11 is 0. The number of ether oxygens (including phenoxy) is 4. The maximum absolute atomic E-state index is 11.1. The van der Waals surface area contributed by atoms with E-state index < -0.39 is 4.92 Å². The molecule has 0 unspecified atom stereocenters. The van der Waals surface area contributed by atoms with Crippen LogP contribution in [0.1, 0.15) is 5.56 Å². The molecule has 134 valence electrons. The van der Waals surface area contributed by atoms with Gasteiger partial charge in [-0.1, -0.05) is 6.07 Å². The smallest absolute Gasteiger partial charge is 0.311 e. The first kappa shape index (κ1) is 18.2. The van der Waals surface area contributed by atoms with E-state index in [9.17, 15) is 10.1 Å². The van der Waals surface area contributed by atoms with Gasteiger partial charge in [0.05, 0.1) is 33.4 Å². The lowest BCUT2D eigenvalue weighted by molar-refractivity contribution is -0.385.